The summed E-state index contributed by atoms with van der Waals surface area (Å²) in [6.45, 7) is 4.20. The zero-order valence-corrected chi connectivity index (χ0v) is 5.13. The molecule has 1 aliphatic rings. The molecule has 2 heteroatoms. The molecule has 8 heavy (non-hydrogen) atoms. The maximum Gasteiger partial charge on any atom is 0.346 e. The van der Waals surface area contributed by atoms with Gasteiger partial charge in [-0.15, -0.1) is 0 Å². The molecule has 0 aromatic carbocycles. The third-order valence-corrected chi connectivity index (χ3v) is 1.08. The first-order valence-electron chi connectivity index (χ1n) is 2.75. The fourth-order valence-electron chi connectivity index (χ4n) is 0.551. The monoisotopic (exact) mass is 109 g/mol. The van der Waals surface area contributed by atoms with Gasteiger partial charge in [-0.1, -0.05) is 13.8 Å². The topological polar surface area (TPSA) is 26.5 Å². The van der Waals surface area contributed by atoms with Crippen LogP contribution in [0, 0.1) is 5.92 Å². The molecule has 1 rings (SSSR count). The Balaban J connectivity index is 2.74. The summed E-state index contributed by atoms with van der Waals surface area (Å²) in [4.78, 5) is 3.87. The summed E-state index contributed by atoms with van der Waals surface area (Å²) >= 11 is 0. The minimum Gasteiger partial charge on any atom is -0.0515 e. The maximum absolute atomic E-state index is 3.87. The number of nitrogens with zero attached hydrogens (tertiary/aromatic N) is 2. The van der Waals surface area contributed by atoms with E-state index in [9.17, 15) is 0 Å². The van der Waals surface area contributed by atoms with Crippen LogP contribution in [0.2, 0.25) is 0 Å². The molecular weight excluding hydrogens is 100 g/mol. The molecule has 0 saturated heterocycles. The molecule has 0 bridgehead atoms. The minimum absolute atomic E-state index is 0.512. The summed E-state index contributed by atoms with van der Waals surface area (Å²) in [5.74, 6) is 0.512. The van der Waals surface area contributed by atoms with Crippen LogP contribution in [-0.2, 0) is 0 Å². The van der Waals surface area contributed by atoms with Gasteiger partial charge in [0.05, 0.1) is 16.8 Å². The van der Waals surface area contributed by atoms with E-state index in [1.165, 1.54) is 0 Å². The lowest BCUT2D eigenvalue weighted by atomic mass is 10.1. The number of allylic oxidation sites excluding steroid dienone is 1. The normalized spacial score (nSPS) is 15.6. The van der Waals surface area contributed by atoms with Gasteiger partial charge in [0.2, 0.25) is 0 Å². The highest BCUT2D eigenvalue weighted by Gasteiger charge is 2.14. The third-order valence-electron chi connectivity index (χ3n) is 1.08. The molecule has 0 spiro atoms. The predicted octanol–water partition coefficient (Wildman–Crippen LogP) is 1.27. The standard InChI is InChI=1S/C6H9N2/c1-5(2)6-3-4-7-8-6/h3-5H,1-2H3/q+1. The number of hydrogen-bond donors (Lipinski definition) is 0. The molecule has 0 fully saturated rings. The highest BCUT2D eigenvalue weighted by molar-refractivity contribution is 5.92. The zero-order chi connectivity index (χ0) is 5.98. The van der Waals surface area contributed by atoms with Crippen LogP contribution in [0.1, 0.15) is 13.8 Å². The van der Waals surface area contributed by atoms with Gasteiger partial charge in [0.1, 0.15) is 11.3 Å². The van der Waals surface area contributed by atoms with Crippen molar-refractivity contribution in [2.75, 3.05) is 0 Å². The van der Waals surface area contributed by atoms with E-state index in [1.807, 2.05) is 6.08 Å². The van der Waals surface area contributed by atoms with Gasteiger partial charge in [0.15, 0.2) is 0 Å². The summed E-state index contributed by atoms with van der Waals surface area (Å²) < 4.78 is 0. The molecule has 0 amide bonds. The van der Waals surface area contributed by atoms with Crippen LogP contribution in [0.4, 0.5) is 0 Å². The van der Waals surface area contributed by atoms with Crippen LogP contribution in [0.25, 0.3) is 0 Å². The highest BCUT2D eigenvalue weighted by Crippen LogP contribution is 1.97. The van der Waals surface area contributed by atoms with Crippen LogP contribution in [0.3, 0.4) is 0 Å². The average Bonchev–Trinajstić information content (AvgIpc) is 2.12. The Bertz CT molecular complexity index is 171. The highest BCUT2D eigenvalue weighted by atomic mass is 15.0. The minimum atomic E-state index is 0.512. The molecule has 0 saturated carbocycles. The number of hydrogen-bond acceptors (Lipinski definition) is 1. The van der Waals surface area contributed by atoms with Gasteiger partial charge in [-0.05, 0) is 0 Å². The summed E-state index contributed by atoms with van der Waals surface area (Å²) in [5.41, 5.74) is 1.07. The first-order chi connectivity index (χ1) is 3.80. The molecule has 0 unspecified atom stereocenters. The fraction of sp³-hybridized carbons (Fsp3) is 0.500. The second-order valence-electron chi connectivity index (χ2n) is 2.11. The molecule has 1 aliphatic heterocycles. The van der Waals surface area contributed by atoms with Crippen LogP contribution in [-0.4, -0.2) is 10.5 Å². The quantitative estimate of drug-likeness (QED) is 0.453. The molecular formula is C6H9N2+. The molecule has 0 aliphatic carbocycles. The van der Waals surface area contributed by atoms with Gasteiger partial charge in [0.25, 0.3) is 0 Å². The Morgan fingerprint density at radius 2 is 2.38 bits per heavy atom. The van der Waals surface area contributed by atoms with E-state index in [0.29, 0.717) is 5.92 Å². The molecule has 1 heterocycles. The van der Waals surface area contributed by atoms with E-state index in [1.54, 1.807) is 6.20 Å². The Kier molecular flexibility index (Phi) is 1.27. The lowest BCUT2D eigenvalue weighted by Gasteiger charge is -1.83. The Labute approximate surface area is 48.7 Å². The van der Waals surface area contributed by atoms with Crippen LogP contribution in [0.15, 0.2) is 17.4 Å². The molecule has 0 N–H and O–H groups in total. The average molecular weight is 109 g/mol. The van der Waals surface area contributed by atoms with E-state index in [4.69, 9.17) is 0 Å². The first kappa shape index (κ1) is 5.26. The van der Waals surface area contributed by atoms with Crippen molar-refractivity contribution >= 4 is 5.71 Å². The first-order valence-corrected chi connectivity index (χ1v) is 2.75. The zero-order valence-electron chi connectivity index (χ0n) is 5.13. The summed E-state index contributed by atoms with van der Waals surface area (Å²) in [7, 11) is 0. The van der Waals surface area contributed by atoms with Crippen molar-refractivity contribution in [1.29, 1.82) is 0 Å². The second kappa shape index (κ2) is 1.93. The van der Waals surface area contributed by atoms with Crippen molar-refractivity contribution in [3.63, 3.8) is 0 Å². The van der Waals surface area contributed by atoms with Gasteiger partial charge in [-0.2, -0.15) is 0 Å². The van der Waals surface area contributed by atoms with Gasteiger partial charge >= 0.3 is 5.71 Å². The summed E-state index contributed by atoms with van der Waals surface area (Å²) in [6.07, 6.45) is 3.65. The predicted molar refractivity (Wildman–Crippen MR) is 31.7 cm³/mol. The van der Waals surface area contributed by atoms with E-state index in [2.05, 4.69) is 23.8 Å². The smallest absolute Gasteiger partial charge is 0.0515 e. The third kappa shape index (κ3) is 0.849. The van der Waals surface area contributed by atoms with Crippen molar-refractivity contribution in [3.8, 4) is 0 Å². The Hall–Kier alpha value is -0.880. The molecule has 0 atom stereocenters. The van der Waals surface area contributed by atoms with E-state index < -0.39 is 0 Å². The molecule has 2 nitrogen and oxygen atoms in total. The molecule has 0 radical (unpaired) electrons. The van der Waals surface area contributed by atoms with Crippen molar-refractivity contribution in [2.45, 2.75) is 13.8 Å². The van der Waals surface area contributed by atoms with Gasteiger partial charge in [-0.3, -0.25) is 0 Å². The SMILES string of the molecule is CC(C)C1=[N+]=NC=C1. The lowest BCUT2D eigenvalue weighted by molar-refractivity contribution is -0.0775. The van der Waals surface area contributed by atoms with Crippen LogP contribution in [0.5, 0.6) is 0 Å². The van der Waals surface area contributed by atoms with E-state index in [-0.39, 0.29) is 0 Å². The number of rotatable bonds is 1. The molecule has 42 valence electrons. The second-order valence-corrected chi connectivity index (χ2v) is 2.11. The van der Waals surface area contributed by atoms with E-state index in [0.717, 1.165) is 5.71 Å². The van der Waals surface area contributed by atoms with E-state index >= 15 is 0 Å². The van der Waals surface area contributed by atoms with Crippen LogP contribution >= 0.6 is 0 Å². The van der Waals surface area contributed by atoms with Crippen molar-refractivity contribution in [3.05, 3.63) is 12.3 Å². The summed E-state index contributed by atoms with van der Waals surface area (Å²) in [6, 6.07) is 0. The Morgan fingerprint density at radius 3 is 2.62 bits per heavy atom. The van der Waals surface area contributed by atoms with Crippen molar-refractivity contribution in [2.24, 2.45) is 11.0 Å². The molecule has 0 aromatic heterocycles. The van der Waals surface area contributed by atoms with Gasteiger partial charge in [0, 0.05) is 0 Å². The molecule has 0 aromatic rings. The van der Waals surface area contributed by atoms with Gasteiger partial charge in [-0.25, -0.2) is 0 Å². The fourth-order valence-corrected chi connectivity index (χ4v) is 0.551. The van der Waals surface area contributed by atoms with Crippen molar-refractivity contribution < 1.29 is 4.79 Å². The lowest BCUT2D eigenvalue weighted by Crippen LogP contribution is -2.02. The largest absolute Gasteiger partial charge is 0.346 e. The Morgan fingerprint density at radius 1 is 1.62 bits per heavy atom. The van der Waals surface area contributed by atoms with Gasteiger partial charge < -0.3 is 0 Å². The van der Waals surface area contributed by atoms with Crippen LogP contribution < -0.4 is 0 Å². The maximum atomic E-state index is 3.87. The van der Waals surface area contributed by atoms with Crippen molar-refractivity contribution in [1.82, 2.24) is 0 Å². The summed E-state index contributed by atoms with van der Waals surface area (Å²) in [5, 5.41) is 3.69.